The lowest BCUT2D eigenvalue weighted by molar-refractivity contribution is -0.143. The third kappa shape index (κ3) is 7.38. The van der Waals surface area contributed by atoms with Crippen LogP contribution in [0.25, 0.3) is 5.57 Å². The summed E-state index contributed by atoms with van der Waals surface area (Å²) in [6.07, 6.45) is -5.80. The third-order valence-corrected chi connectivity index (χ3v) is 5.47. The van der Waals surface area contributed by atoms with Crippen LogP contribution in [-0.2, 0) is 12.4 Å². The standard InChI is InChI=1S/C25H22F7N3O2/c1-35(19-8-6-18(26)7-9-19)23(36)37-22-20(16(13-33)14-34-10-2-3-15-4-5-15)11-17(24(27,28)29)12-21(22)25(30,31)32/h6,8,11-15H,4-5,7,9-10,33H2,1H3/b16-13+,34-14?. The number of amides is 1. The fourth-order valence-corrected chi connectivity index (χ4v) is 3.29. The second-order valence-electron chi connectivity index (χ2n) is 8.28. The van der Waals surface area contributed by atoms with E-state index in [0.717, 1.165) is 36.2 Å². The fourth-order valence-electron chi connectivity index (χ4n) is 3.29. The van der Waals surface area contributed by atoms with Crippen molar-refractivity contribution in [1.82, 2.24) is 4.90 Å². The first-order chi connectivity index (χ1) is 17.3. The number of ether oxygens (including phenoxy) is 1. The van der Waals surface area contributed by atoms with Crippen molar-refractivity contribution in [3.63, 3.8) is 0 Å². The summed E-state index contributed by atoms with van der Waals surface area (Å²) in [6, 6.07) is 0.257. The molecule has 37 heavy (non-hydrogen) atoms. The average Bonchev–Trinajstić information content (AvgIpc) is 3.64. The molecule has 1 saturated carbocycles. The van der Waals surface area contributed by atoms with Crippen molar-refractivity contribution in [2.45, 2.75) is 38.0 Å². The number of carbonyl (C=O) groups is 1. The second kappa shape index (κ2) is 11.1. The number of nitrogens with two attached hydrogens (primary N) is 1. The largest absolute Gasteiger partial charge is 0.420 e. The van der Waals surface area contributed by atoms with Gasteiger partial charge in [-0.25, -0.2) is 9.18 Å². The lowest BCUT2D eigenvalue weighted by Gasteiger charge is -2.24. The molecule has 0 aliphatic heterocycles. The Morgan fingerprint density at radius 3 is 2.41 bits per heavy atom. The van der Waals surface area contributed by atoms with Gasteiger partial charge in [0.15, 0.2) is 5.75 Å². The number of alkyl halides is 6. The zero-order chi connectivity index (χ0) is 27.4. The Bertz CT molecular complexity index is 1230. The average molecular weight is 529 g/mol. The molecule has 12 heteroatoms. The Hall–Kier alpha value is -3.75. The molecule has 0 heterocycles. The van der Waals surface area contributed by atoms with E-state index in [-0.39, 0.29) is 42.6 Å². The maximum Gasteiger partial charge on any atom is 0.420 e. The Labute approximate surface area is 208 Å². The van der Waals surface area contributed by atoms with Crippen LogP contribution >= 0.6 is 0 Å². The maximum absolute atomic E-state index is 13.9. The van der Waals surface area contributed by atoms with Gasteiger partial charge in [0.2, 0.25) is 0 Å². The van der Waals surface area contributed by atoms with Crippen LogP contribution in [-0.4, -0.2) is 30.8 Å². The van der Waals surface area contributed by atoms with Crippen LogP contribution in [0.2, 0.25) is 0 Å². The topological polar surface area (TPSA) is 67.9 Å². The summed E-state index contributed by atoms with van der Waals surface area (Å²) >= 11 is 0. The van der Waals surface area contributed by atoms with Gasteiger partial charge in [-0.05, 0) is 43.5 Å². The summed E-state index contributed by atoms with van der Waals surface area (Å²) in [6.45, 7) is -0.0605. The Kier molecular flexibility index (Phi) is 8.35. The molecule has 3 rings (SSSR count). The molecule has 1 fully saturated rings. The van der Waals surface area contributed by atoms with E-state index in [4.69, 9.17) is 10.5 Å². The number of nitrogens with zero attached hydrogens (tertiary/aromatic N) is 2. The lowest BCUT2D eigenvalue weighted by Crippen LogP contribution is -2.31. The van der Waals surface area contributed by atoms with Gasteiger partial charge in [-0.1, -0.05) is 11.8 Å². The van der Waals surface area contributed by atoms with Crippen LogP contribution in [0.15, 0.2) is 47.0 Å². The lowest BCUT2D eigenvalue weighted by atomic mass is 9.98. The molecule has 0 bridgehead atoms. The number of carbonyl (C=O) groups excluding carboxylic acids is 1. The molecular formula is C25H22F7N3O2. The number of aliphatic imine (C=N–C) groups is 1. The first-order valence-electron chi connectivity index (χ1n) is 11.0. The molecule has 2 aliphatic carbocycles. The Morgan fingerprint density at radius 2 is 1.86 bits per heavy atom. The predicted octanol–water partition coefficient (Wildman–Crippen LogP) is 6.47. The number of rotatable bonds is 5. The van der Waals surface area contributed by atoms with E-state index in [0.29, 0.717) is 6.07 Å². The highest BCUT2D eigenvalue weighted by Gasteiger charge is 2.41. The molecule has 5 nitrogen and oxygen atoms in total. The smallest absolute Gasteiger partial charge is 0.409 e. The highest BCUT2D eigenvalue weighted by Crippen LogP contribution is 2.44. The van der Waals surface area contributed by atoms with Gasteiger partial charge in [-0.3, -0.25) is 9.89 Å². The van der Waals surface area contributed by atoms with Gasteiger partial charge >= 0.3 is 18.4 Å². The molecule has 1 aromatic carbocycles. The van der Waals surface area contributed by atoms with Gasteiger partial charge < -0.3 is 10.5 Å². The summed E-state index contributed by atoms with van der Waals surface area (Å²) in [5.41, 5.74) is 1.22. The predicted molar refractivity (Wildman–Crippen MR) is 123 cm³/mol. The zero-order valence-corrected chi connectivity index (χ0v) is 19.5. The summed E-state index contributed by atoms with van der Waals surface area (Å²) in [7, 11) is 1.18. The van der Waals surface area contributed by atoms with Crippen LogP contribution in [0, 0.1) is 17.8 Å². The molecule has 198 valence electrons. The van der Waals surface area contributed by atoms with E-state index in [1.54, 1.807) is 0 Å². The van der Waals surface area contributed by atoms with Gasteiger partial charge in [-0.15, -0.1) is 0 Å². The van der Waals surface area contributed by atoms with Crippen LogP contribution in [0.1, 0.15) is 42.4 Å². The van der Waals surface area contributed by atoms with Gasteiger partial charge in [0.05, 0.1) is 17.7 Å². The highest BCUT2D eigenvalue weighted by atomic mass is 19.4. The molecule has 0 radical (unpaired) electrons. The normalized spacial score (nSPS) is 16.6. The van der Waals surface area contributed by atoms with E-state index in [9.17, 15) is 35.5 Å². The monoisotopic (exact) mass is 529 g/mol. The molecule has 0 unspecified atom stereocenters. The zero-order valence-electron chi connectivity index (χ0n) is 19.5. The van der Waals surface area contributed by atoms with Crippen molar-refractivity contribution in [2.24, 2.45) is 16.6 Å². The van der Waals surface area contributed by atoms with Crippen molar-refractivity contribution in [3.8, 4) is 17.6 Å². The van der Waals surface area contributed by atoms with Gasteiger partial charge in [0, 0.05) is 48.6 Å². The molecule has 2 aliphatic rings. The van der Waals surface area contributed by atoms with Gasteiger partial charge in [0.1, 0.15) is 5.83 Å². The van der Waals surface area contributed by atoms with Crippen molar-refractivity contribution in [1.29, 1.82) is 0 Å². The van der Waals surface area contributed by atoms with Gasteiger partial charge in [0.25, 0.3) is 0 Å². The molecule has 1 aromatic rings. The number of benzene rings is 1. The van der Waals surface area contributed by atoms with Crippen LogP contribution < -0.4 is 10.5 Å². The molecule has 0 atom stereocenters. The SMILES string of the molecule is CN(C(=O)Oc1c(/C(C=NCC#CC2CC2)=C/N)cc(C(F)(F)F)cc1C(F)(F)F)C1=CC=C(F)CC1. The molecule has 0 aromatic heterocycles. The maximum atomic E-state index is 13.9. The van der Waals surface area contributed by atoms with E-state index in [1.165, 1.54) is 13.1 Å². The molecule has 0 saturated heterocycles. The highest BCUT2D eigenvalue weighted by molar-refractivity contribution is 6.11. The summed E-state index contributed by atoms with van der Waals surface area (Å²) in [5, 5.41) is 0. The summed E-state index contributed by atoms with van der Waals surface area (Å²) < 4.78 is 101. The summed E-state index contributed by atoms with van der Waals surface area (Å²) in [5.74, 6) is 4.30. The third-order valence-electron chi connectivity index (χ3n) is 5.47. The molecule has 2 N–H and O–H groups in total. The quantitative estimate of drug-likeness (QED) is 0.270. The van der Waals surface area contributed by atoms with Crippen molar-refractivity contribution < 1.29 is 40.3 Å². The fraction of sp³-hybridized carbons (Fsp3) is 0.360. The van der Waals surface area contributed by atoms with Crippen LogP contribution in [0.3, 0.4) is 0 Å². The van der Waals surface area contributed by atoms with Gasteiger partial charge in [-0.2, -0.15) is 26.3 Å². The molecular weight excluding hydrogens is 507 g/mol. The van der Waals surface area contributed by atoms with Crippen LogP contribution in [0.5, 0.6) is 5.75 Å². The van der Waals surface area contributed by atoms with Crippen molar-refractivity contribution in [3.05, 3.63) is 58.7 Å². The number of hydrogen-bond acceptors (Lipinski definition) is 4. The van der Waals surface area contributed by atoms with E-state index in [2.05, 4.69) is 16.8 Å². The second-order valence-corrected chi connectivity index (χ2v) is 8.28. The number of allylic oxidation sites excluding steroid dienone is 5. The molecule has 0 spiro atoms. The number of halogens is 7. The van der Waals surface area contributed by atoms with E-state index >= 15 is 0 Å². The van der Waals surface area contributed by atoms with E-state index < -0.39 is 46.7 Å². The minimum Gasteiger partial charge on any atom is -0.409 e. The molecule has 1 amide bonds. The van der Waals surface area contributed by atoms with E-state index in [1.807, 2.05) is 0 Å². The number of hydrogen-bond donors (Lipinski definition) is 1. The van der Waals surface area contributed by atoms with Crippen LogP contribution in [0.4, 0.5) is 35.5 Å². The Morgan fingerprint density at radius 1 is 1.16 bits per heavy atom. The minimum absolute atomic E-state index is 0.0387. The van der Waals surface area contributed by atoms with Crippen molar-refractivity contribution >= 4 is 17.9 Å². The summed E-state index contributed by atoms with van der Waals surface area (Å²) in [4.78, 5) is 17.5. The van der Waals surface area contributed by atoms with Crippen molar-refractivity contribution in [2.75, 3.05) is 13.6 Å². The first-order valence-corrected chi connectivity index (χ1v) is 11.0. The minimum atomic E-state index is -5.33. The Balaban J connectivity index is 2.06. The first kappa shape index (κ1) is 27.8.